The Bertz CT molecular complexity index is 659. The fourth-order valence-corrected chi connectivity index (χ4v) is 5.92. The van der Waals surface area contributed by atoms with E-state index in [1.165, 1.54) is 38.5 Å². The molecule has 36 heavy (non-hydrogen) atoms. The zero-order valence-corrected chi connectivity index (χ0v) is 30.6. The van der Waals surface area contributed by atoms with Gasteiger partial charge in [0.25, 0.3) is 10.1 Å². The first-order valence-corrected chi connectivity index (χ1v) is 15.0. The van der Waals surface area contributed by atoms with Gasteiger partial charge in [0.1, 0.15) is 4.75 Å². The summed E-state index contributed by atoms with van der Waals surface area (Å²) in [5.41, 5.74) is 0. The molecule has 0 bridgehead atoms. The Morgan fingerprint density at radius 1 is 0.667 bits per heavy atom. The Morgan fingerprint density at radius 2 is 1.00 bits per heavy atom. The minimum Gasteiger partial charge on any atom is -0.550 e. The van der Waals surface area contributed by atoms with E-state index in [0.717, 1.165) is 51.4 Å². The van der Waals surface area contributed by atoms with Crippen molar-refractivity contribution in [1.29, 1.82) is 0 Å². The molecule has 10 heteroatoms. The van der Waals surface area contributed by atoms with Gasteiger partial charge in [-0.3, -0.25) is 4.55 Å². The van der Waals surface area contributed by atoms with Crippen LogP contribution in [-0.2, 0) is 19.7 Å². The van der Waals surface area contributed by atoms with Crippen LogP contribution in [0.2, 0.25) is 0 Å². The molecule has 0 aromatic heterocycles. The maximum atomic E-state index is 12.2. The normalized spacial score (nSPS) is 13.8. The third kappa shape index (κ3) is 17.7. The van der Waals surface area contributed by atoms with Gasteiger partial charge in [0, 0.05) is 11.9 Å². The van der Waals surface area contributed by atoms with E-state index in [1.807, 2.05) is 0 Å². The zero-order chi connectivity index (χ0) is 25.9. The zero-order valence-electron chi connectivity index (χ0n) is 23.5. The van der Waals surface area contributed by atoms with E-state index in [0.29, 0.717) is 19.3 Å². The van der Waals surface area contributed by atoms with Crippen LogP contribution < -0.4 is 113 Å². The molecule has 2 atom stereocenters. The second-order valence-corrected chi connectivity index (χ2v) is 11.4. The molecule has 0 amide bonds. The summed E-state index contributed by atoms with van der Waals surface area (Å²) < 4.78 is 31.4. The molecule has 0 spiro atoms. The van der Waals surface area contributed by atoms with E-state index in [4.69, 9.17) is 0 Å². The van der Waals surface area contributed by atoms with Crippen LogP contribution in [0.5, 0.6) is 0 Å². The number of carbonyl (C=O) groups is 2. The molecule has 0 aliphatic rings. The Kier molecular flexibility index (Phi) is 30.8. The first-order valence-electron chi connectivity index (χ1n) is 13.5. The van der Waals surface area contributed by atoms with Crippen molar-refractivity contribution in [2.45, 2.75) is 147 Å². The minimum absolute atomic E-state index is 0. The number of carboxylic acid groups (broad SMARTS) is 2. The van der Waals surface area contributed by atoms with Gasteiger partial charge >= 0.3 is 103 Å². The van der Waals surface area contributed by atoms with Crippen molar-refractivity contribution in [3.8, 4) is 0 Å². The van der Waals surface area contributed by atoms with Crippen LogP contribution in [0.1, 0.15) is 142 Å². The Hall–Kier alpha value is 2.12. The van der Waals surface area contributed by atoms with Gasteiger partial charge in [0.15, 0.2) is 0 Å². The molecule has 0 saturated carbocycles. The number of carboxylic acids is 2. The Balaban J connectivity index is -0.00000544. The molecule has 0 saturated heterocycles. The number of hydrogen-bond acceptors (Lipinski definition) is 6. The third-order valence-corrected chi connectivity index (χ3v) is 8.48. The number of hydrogen-bond donors (Lipinski definition) is 1. The number of unbranched alkanes of at least 4 members (excludes halogenated alkanes) is 16. The van der Waals surface area contributed by atoms with Crippen molar-refractivity contribution >= 4 is 22.1 Å². The van der Waals surface area contributed by atoms with Gasteiger partial charge in [-0.15, -0.1) is 0 Å². The largest absolute Gasteiger partial charge is 1.00 e. The van der Waals surface area contributed by atoms with E-state index in [9.17, 15) is 32.8 Å². The molecule has 7 nitrogen and oxygen atoms in total. The summed E-state index contributed by atoms with van der Waals surface area (Å²) in [6.07, 6.45) is 16.3. The van der Waals surface area contributed by atoms with Crippen LogP contribution >= 0.6 is 0 Å². The van der Waals surface area contributed by atoms with Crippen LogP contribution in [0.4, 0.5) is 0 Å². The molecule has 0 aliphatic heterocycles. The number of rotatable bonds is 24. The topological polar surface area (TPSA) is 135 Å². The van der Waals surface area contributed by atoms with Crippen LogP contribution in [0.25, 0.3) is 0 Å². The van der Waals surface area contributed by atoms with E-state index in [-0.39, 0.29) is 116 Å². The Labute approximate surface area is 305 Å². The van der Waals surface area contributed by atoms with Crippen LogP contribution in [-0.4, -0.2) is 29.7 Å². The molecule has 1 N–H and O–H groups in total. The van der Waals surface area contributed by atoms with Crippen LogP contribution in [0.15, 0.2) is 0 Å². The van der Waals surface area contributed by atoms with Crippen LogP contribution in [0, 0.1) is 5.92 Å². The third-order valence-electron chi connectivity index (χ3n) is 6.90. The van der Waals surface area contributed by atoms with Gasteiger partial charge in [-0.25, -0.2) is 0 Å². The first kappa shape index (κ1) is 42.6. The number of aliphatic carboxylic acids is 2. The van der Waals surface area contributed by atoms with Crippen molar-refractivity contribution in [2.24, 2.45) is 5.92 Å². The second kappa shape index (κ2) is 26.0. The molecule has 0 aromatic rings. The predicted molar refractivity (Wildman–Crippen MR) is 131 cm³/mol. The predicted octanol–water partition coefficient (Wildman–Crippen LogP) is -1.42. The molecule has 0 heterocycles. The molecule has 0 aliphatic carbocycles. The summed E-state index contributed by atoms with van der Waals surface area (Å²) in [5, 5.41) is 23.8. The summed E-state index contributed by atoms with van der Waals surface area (Å²) in [5.74, 6) is -5.66. The van der Waals surface area contributed by atoms with E-state index < -0.39 is 39.1 Å². The first-order chi connectivity index (χ1) is 16.1. The van der Waals surface area contributed by atoms with Gasteiger partial charge in [0.2, 0.25) is 0 Å². The van der Waals surface area contributed by atoms with Crippen molar-refractivity contribution in [2.75, 3.05) is 0 Å². The summed E-state index contributed by atoms with van der Waals surface area (Å²) in [6, 6.07) is 0. The average Bonchev–Trinajstić information content (AvgIpc) is 2.76. The van der Waals surface area contributed by atoms with E-state index in [2.05, 4.69) is 13.8 Å². The molecule has 202 valence electrons. The van der Waals surface area contributed by atoms with Crippen molar-refractivity contribution in [3.63, 3.8) is 0 Å². The van der Waals surface area contributed by atoms with E-state index >= 15 is 0 Å². The van der Waals surface area contributed by atoms with Crippen molar-refractivity contribution in [3.05, 3.63) is 0 Å². The summed E-state index contributed by atoms with van der Waals surface area (Å²) in [6.45, 7) is 4.30. The standard InChI is InChI=1S/C26H50O7S.2K/c1-3-5-7-9-11-13-15-17-19-21-23(24(27)28)26(25(29)30,34(31,32)33)22-20-18-16-14-12-10-8-6-4-2;;/h23H,3-22H2,1-2H3,(H,27,28)(H,29,30)(H,31,32,33);;/q;2*+1/p-2. The van der Waals surface area contributed by atoms with Gasteiger partial charge in [0.05, 0.1) is 5.97 Å². The second-order valence-electron chi connectivity index (χ2n) is 9.72. The summed E-state index contributed by atoms with van der Waals surface area (Å²) >= 11 is 0. The summed E-state index contributed by atoms with van der Waals surface area (Å²) in [4.78, 5) is 23.8. The fraction of sp³-hybridized carbons (Fsp3) is 0.923. The SMILES string of the molecule is CCCCCCCCCCCC(C(=O)[O-])C(CCCCCCCCCCC)(C(=O)[O-])S(=O)(=O)O.[K+].[K+]. The monoisotopic (exact) mass is 582 g/mol. The maximum Gasteiger partial charge on any atom is 1.00 e. The minimum atomic E-state index is -5.22. The van der Waals surface area contributed by atoms with Gasteiger partial charge < -0.3 is 19.8 Å². The fourth-order valence-electron chi connectivity index (χ4n) is 4.73. The van der Waals surface area contributed by atoms with E-state index in [1.54, 1.807) is 0 Å². The molecule has 0 rings (SSSR count). The quantitative estimate of drug-likeness (QED) is 0.0838. The Morgan fingerprint density at radius 3 is 1.31 bits per heavy atom. The van der Waals surface area contributed by atoms with Gasteiger partial charge in [-0.1, -0.05) is 129 Å². The average molecular weight is 583 g/mol. The molecule has 0 radical (unpaired) electrons. The molecule has 0 aromatic carbocycles. The smallest absolute Gasteiger partial charge is 0.550 e. The van der Waals surface area contributed by atoms with Gasteiger partial charge in [-0.2, -0.15) is 8.42 Å². The molecular formula is C26H48K2O7S. The maximum absolute atomic E-state index is 12.2. The number of carbonyl (C=O) groups excluding carboxylic acids is 2. The molecule has 0 fully saturated rings. The molecular weight excluding hydrogens is 535 g/mol. The van der Waals surface area contributed by atoms with Gasteiger partial charge in [-0.05, 0) is 12.8 Å². The van der Waals surface area contributed by atoms with Crippen molar-refractivity contribution in [1.82, 2.24) is 0 Å². The summed E-state index contributed by atoms with van der Waals surface area (Å²) in [7, 11) is -5.22. The van der Waals surface area contributed by atoms with Crippen molar-refractivity contribution < 1.29 is 136 Å². The molecule has 2 unspecified atom stereocenters. The van der Waals surface area contributed by atoms with Crippen LogP contribution in [0.3, 0.4) is 0 Å².